The van der Waals surface area contributed by atoms with Gasteiger partial charge >= 0.3 is 0 Å². The van der Waals surface area contributed by atoms with Crippen LogP contribution in [0.25, 0.3) is 0 Å². The van der Waals surface area contributed by atoms with Crippen molar-refractivity contribution in [3.05, 3.63) is 59.8 Å². The van der Waals surface area contributed by atoms with Gasteiger partial charge in [0.05, 0.1) is 11.6 Å². The predicted octanol–water partition coefficient (Wildman–Crippen LogP) is 3.56. The van der Waals surface area contributed by atoms with Crippen LogP contribution in [0.1, 0.15) is 36.8 Å². The third-order valence-electron chi connectivity index (χ3n) is 5.37. The molecule has 1 N–H and O–H groups in total. The quantitative estimate of drug-likeness (QED) is 0.877. The molecule has 4 heteroatoms. The molecule has 4 nitrogen and oxygen atoms in total. The molecule has 2 aromatic rings. The first-order valence-electron chi connectivity index (χ1n) is 9.01. The van der Waals surface area contributed by atoms with Crippen LogP contribution in [0.5, 0.6) is 0 Å². The molecule has 1 aliphatic rings. The standard InChI is InChI=1S/C21H25N3O/c22-16-19-8-12-23-20(15-19)24-13-10-21(17-25,11-14-24)9-4-7-18-5-2-1-3-6-18/h1-3,5-6,8,12,15,25H,4,7,9-11,13-14,17H2. The Bertz CT molecular complexity index is 715. The number of aliphatic hydroxyl groups excluding tert-OH is 1. The molecule has 0 radical (unpaired) electrons. The maximum atomic E-state index is 10.0. The van der Waals surface area contributed by atoms with Crippen molar-refractivity contribution in [3.8, 4) is 6.07 Å². The van der Waals surface area contributed by atoms with Crippen molar-refractivity contribution >= 4 is 5.82 Å². The molecule has 1 aliphatic heterocycles. The Morgan fingerprint density at radius 3 is 2.60 bits per heavy atom. The van der Waals surface area contributed by atoms with Crippen molar-refractivity contribution < 1.29 is 5.11 Å². The molecule has 0 amide bonds. The second-order valence-corrected chi connectivity index (χ2v) is 7.00. The van der Waals surface area contributed by atoms with Crippen molar-refractivity contribution in [3.63, 3.8) is 0 Å². The summed E-state index contributed by atoms with van der Waals surface area (Å²) in [6.07, 6.45) is 6.86. The Labute approximate surface area is 149 Å². The van der Waals surface area contributed by atoms with E-state index in [1.165, 1.54) is 5.56 Å². The molecule has 0 unspecified atom stereocenters. The van der Waals surface area contributed by atoms with Gasteiger partial charge in [-0.1, -0.05) is 30.3 Å². The Kier molecular flexibility index (Phi) is 5.67. The van der Waals surface area contributed by atoms with Gasteiger partial charge in [0.25, 0.3) is 0 Å². The van der Waals surface area contributed by atoms with Gasteiger partial charge in [0, 0.05) is 25.9 Å². The van der Waals surface area contributed by atoms with Crippen LogP contribution < -0.4 is 4.90 Å². The van der Waals surface area contributed by atoms with Crippen molar-refractivity contribution in [1.82, 2.24) is 4.98 Å². The molecular weight excluding hydrogens is 310 g/mol. The van der Waals surface area contributed by atoms with E-state index in [0.717, 1.165) is 51.0 Å². The lowest BCUT2D eigenvalue weighted by molar-refractivity contribution is 0.0849. The normalized spacial score (nSPS) is 16.4. The number of rotatable bonds is 6. The van der Waals surface area contributed by atoms with Crippen LogP contribution in [-0.4, -0.2) is 29.8 Å². The van der Waals surface area contributed by atoms with Crippen LogP contribution in [0.15, 0.2) is 48.7 Å². The topological polar surface area (TPSA) is 60.2 Å². The van der Waals surface area contributed by atoms with Gasteiger partial charge in [0.1, 0.15) is 5.82 Å². The number of nitrogens with zero attached hydrogens (tertiary/aromatic N) is 3. The predicted molar refractivity (Wildman–Crippen MR) is 99.3 cm³/mol. The summed E-state index contributed by atoms with van der Waals surface area (Å²) < 4.78 is 0. The Hall–Kier alpha value is -2.38. The fourth-order valence-corrected chi connectivity index (χ4v) is 3.67. The van der Waals surface area contributed by atoms with Crippen LogP contribution in [0.3, 0.4) is 0 Å². The summed E-state index contributed by atoms with van der Waals surface area (Å²) in [5.41, 5.74) is 2.04. The van der Waals surface area contributed by atoms with Crippen LogP contribution in [-0.2, 0) is 6.42 Å². The molecule has 0 aliphatic carbocycles. The molecule has 130 valence electrons. The van der Waals surface area contributed by atoms with E-state index >= 15 is 0 Å². The maximum absolute atomic E-state index is 10.0. The minimum Gasteiger partial charge on any atom is -0.396 e. The molecule has 0 saturated carbocycles. The van der Waals surface area contributed by atoms with Crippen LogP contribution in [0.2, 0.25) is 0 Å². The first-order chi connectivity index (χ1) is 12.2. The molecule has 2 heterocycles. The zero-order valence-corrected chi connectivity index (χ0v) is 14.6. The summed E-state index contributed by atoms with van der Waals surface area (Å²) in [4.78, 5) is 6.63. The largest absolute Gasteiger partial charge is 0.396 e. The Balaban J connectivity index is 1.55. The zero-order valence-electron chi connectivity index (χ0n) is 14.6. The van der Waals surface area contributed by atoms with Gasteiger partial charge in [-0.2, -0.15) is 5.26 Å². The van der Waals surface area contributed by atoms with Crippen molar-refractivity contribution in [2.45, 2.75) is 32.1 Å². The fraction of sp³-hybridized carbons (Fsp3) is 0.429. The smallest absolute Gasteiger partial charge is 0.129 e. The van der Waals surface area contributed by atoms with E-state index in [4.69, 9.17) is 5.26 Å². The second kappa shape index (κ2) is 8.13. The summed E-state index contributed by atoms with van der Waals surface area (Å²) in [6, 6.07) is 16.3. The van der Waals surface area contributed by atoms with E-state index in [-0.39, 0.29) is 12.0 Å². The van der Waals surface area contributed by atoms with Crippen LogP contribution in [0, 0.1) is 16.7 Å². The van der Waals surface area contributed by atoms with Gasteiger partial charge < -0.3 is 10.0 Å². The summed E-state index contributed by atoms with van der Waals surface area (Å²) in [7, 11) is 0. The average molecular weight is 335 g/mol. The molecule has 1 aromatic carbocycles. The Morgan fingerprint density at radius 2 is 1.92 bits per heavy atom. The Morgan fingerprint density at radius 1 is 1.16 bits per heavy atom. The van der Waals surface area contributed by atoms with E-state index in [1.54, 1.807) is 12.3 Å². The monoisotopic (exact) mass is 335 g/mol. The van der Waals surface area contributed by atoms with Crippen LogP contribution in [0.4, 0.5) is 5.82 Å². The number of anilines is 1. The van der Waals surface area contributed by atoms with Gasteiger partial charge in [0.15, 0.2) is 0 Å². The minimum atomic E-state index is 0.0259. The number of pyridine rings is 1. The molecule has 0 atom stereocenters. The first kappa shape index (κ1) is 17.4. The lowest BCUT2D eigenvalue weighted by Crippen LogP contribution is -2.42. The molecule has 0 bridgehead atoms. The van der Waals surface area contributed by atoms with Crippen LogP contribution >= 0.6 is 0 Å². The van der Waals surface area contributed by atoms with Gasteiger partial charge in [0.2, 0.25) is 0 Å². The van der Waals surface area contributed by atoms with Crippen molar-refractivity contribution in [2.24, 2.45) is 5.41 Å². The number of aliphatic hydroxyl groups is 1. The molecule has 3 rings (SSSR count). The van der Waals surface area contributed by atoms with E-state index in [1.807, 2.05) is 12.1 Å². The molecule has 1 fully saturated rings. The van der Waals surface area contributed by atoms with Gasteiger partial charge in [-0.3, -0.25) is 0 Å². The van der Waals surface area contributed by atoms with E-state index < -0.39 is 0 Å². The van der Waals surface area contributed by atoms with Crippen molar-refractivity contribution in [1.29, 1.82) is 5.26 Å². The lowest BCUT2D eigenvalue weighted by Gasteiger charge is -2.41. The number of aromatic nitrogens is 1. The second-order valence-electron chi connectivity index (χ2n) is 7.00. The van der Waals surface area contributed by atoms with E-state index in [9.17, 15) is 5.11 Å². The number of piperidine rings is 1. The molecule has 1 saturated heterocycles. The highest BCUT2D eigenvalue weighted by atomic mass is 16.3. The first-order valence-corrected chi connectivity index (χ1v) is 9.01. The number of hydrogen-bond acceptors (Lipinski definition) is 4. The summed E-state index contributed by atoms with van der Waals surface area (Å²) in [5.74, 6) is 0.870. The number of aryl methyl sites for hydroxylation is 1. The molecule has 0 spiro atoms. The highest BCUT2D eigenvalue weighted by Crippen LogP contribution is 2.37. The number of hydrogen-bond donors (Lipinski definition) is 1. The molecule has 25 heavy (non-hydrogen) atoms. The van der Waals surface area contributed by atoms with Gasteiger partial charge in [-0.05, 0) is 55.2 Å². The maximum Gasteiger partial charge on any atom is 0.129 e. The fourth-order valence-electron chi connectivity index (χ4n) is 3.67. The minimum absolute atomic E-state index is 0.0259. The zero-order chi connectivity index (χ0) is 17.5. The average Bonchev–Trinajstić information content (AvgIpc) is 2.69. The third-order valence-corrected chi connectivity index (χ3v) is 5.37. The summed E-state index contributed by atoms with van der Waals surface area (Å²) >= 11 is 0. The molecule has 1 aromatic heterocycles. The van der Waals surface area contributed by atoms with Gasteiger partial charge in [-0.15, -0.1) is 0 Å². The highest BCUT2D eigenvalue weighted by molar-refractivity contribution is 5.45. The van der Waals surface area contributed by atoms with E-state index in [2.05, 4.69) is 40.2 Å². The summed E-state index contributed by atoms with van der Waals surface area (Å²) in [5, 5.41) is 19.0. The number of benzene rings is 1. The van der Waals surface area contributed by atoms with Gasteiger partial charge in [-0.25, -0.2) is 4.98 Å². The SMILES string of the molecule is N#Cc1ccnc(N2CCC(CO)(CCCc3ccccc3)CC2)c1. The van der Waals surface area contributed by atoms with E-state index in [0.29, 0.717) is 5.56 Å². The molecular formula is C21H25N3O. The van der Waals surface area contributed by atoms with Crippen molar-refractivity contribution in [2.75, 3.05) is 24.6 Å². The third kappa shape index (κ3) is 4.37. The lowest BCUT2D eigenvalue weighted by atomic mass is 9.75. The number of nitriles is 1. The summed E-state index contributed by atoms with van der Waals surface area (Å²) in [6.45, 7) is 2.02. The highest BCUT2D eigenvalue weighted by Gasteiger charge is 2.33.